The number of para-hydroxylation sites is 1. The fourth-order valence-electron chi connectivity index (χ4n) is 2.05. The standard InChI is InChI=1S/C16H22N4O3/c1-11(2)20(10-21)9-14-16(18-3)19-15-12(22-8-7-17)5-4-6-13(15)23-14/h4-6,9-11H,7-8,17H2,1-3H3,(H,18,19)/b14-9+. The van der Waals surface area contributed by atoms with Gasteiger partial charge < -0.3 is 25.4 Å². The van der Waals surface area contributed by atoms with Crippen LogP contribution in [0.5, 0.6) is 11.5 Å². The van der Waals surface area contributed by atoms with Gasteiger partial charge in [-0.1, -0.05) is 6.07 Å². The highest BCUT2D eigenvalue weighted by molar-refractivity contribution is 6.10. The Morgan fingerprint density at radius 2 is 2.26 bits per heavy atom. The molecule has 0 aromatic heterocycles. The predicted molar refractivity (Wildman–Crippen MR) is 89.7 cm³/mol. The van der Waals surface area contributed by atoms with Crippen LogP contribution in [-0.4, -0.2) is 43.4 Å². The maximum absolute atomic E-state index is 11.2. The number of carbonyl (C=O) groups excluding carboxylic acids is 1. The average Bonchev–Trinajstić information content (AvgIpc) is 2.56. The number of anilines is 1. The lowest BCUT2D eigenvalue weighted by Crippen LogP contribution is -2.30. The fourth-order valence-corrected chi connectivity index (χ4v) is 2.05. The van der Waals surface area contributed by atoms with E-state index in [0.29, 0.717) is 41.9 Å². The molecule has 0 fully saturated rings. The number of aliphatic imine (C=N–C) groups is 1. The van der Waals surface area contributed by atoms with Crippen LogP contribution in [0.3, 0.4) is 0 Å². The molecule has 7 heteroatoms. The number of ether oxygens (including phenoxy) is 2. The zero-order valence-corrected chi connectivity index (χ0v) is 13.6. The van der Waals surface area contributed by atoms with Gasteiger partial charge in [0.05, 0.1) is 6.20 Å². The SMILES string of the molecule is C/N=C1/Nc2c(OCCN)cccc2O/C1=C/N(C=O)C(C)C. The Kier molecular flexibility index (Phi) is 5.59. The Morgan fingerprint density at radius 1 is 1.48 bits per heavy atom. The molecule has 0 spiro atoms. The normalized spacial score (nSPS) is 16.7. The van der Waals surface area contributed by atoms with Crippen LogP contribution in [0.15, 0.2) is 35.2 Å². The van der Waals surface area contributed by atoms with Crippen LogP contribution in [0.4, 0.5) is 5.69 Å². The monoisotopic (exact) mass is 318 g/mol. The van der Waals surface area contributed by atoms with Crippen molar-refractivity contribution in [1.29, 1.82) is 0 Å². The van der Waals surface area contributed by atoms with Crippen molar-refractivity contribution in [3.63, 3.8) is 0 Å². The molecule has 0 atom stereocenters. The molecule has 1 aliphatic heterocycles. The molecule has 0 saturated heterocycles. The van der Waals surface area contributed by atoms with Crippen molar-refractivity contribution < 1.29 is 14.3 Å². The van der Waals surface area contributed by atoms with Crippen molar-refractivity contribution in [2.24, 2.45) is 10.7 Å². The van der Waals surface area contributed by atoms with Crippen molar-refractivity contribution in [3.8, 4) is 11.5 Å². The third kappa shape index (κ3) is 3.81. The lowest BCUT2D eigenvalue weighted by atomic mass is 10.2. The van der Waals surface area contributed by atoms with Crippen LogP contribution in [0, 0.1) is 0 Å². The number of amidine groups is 1. The van der Waals surface area contributed by atoms with Crippen LogP contribution in [-0.2, 0) is 4.79 Å². The third-order valence-corrected chi connectivity index (χ3v) is 3.27. The number of nitrogens with two attached hydrogens (primary N) is 1. The maximum atomic E-state index is 11.2. The highest BCUT2D eigenvalue weighted by atomic mass is 16.5. The predicted octanol–water partition coefficient (Wildman–Crippen LogP) is 1.56. The van der Waals surface area contributed by atoms with Gasteiger partial charge in [-0.2, -0.15) is 0 Å². The molecule has 3 N–H and O–H groups in total. The van der Waals surface area contributed by atoms with Gasteiger partial charge in [0.15, 0.2) is 17.3 Å². The van der Waals surface area contributed by atoms with Gasteiger partial charge in [0.25, 0.3) is 0 Å². The van der Waals surface area contributed by atoms with Gasteiger partial charge in [-0.3, -0.25) is 9.79 Å². The lowest BCUT2D eigenvalue weighted by molar-refractivity contribution is -0.117. The molecule has 0 bridgehead atoms. The maximum Gasteiger partial charge on any atom is 0.214 e. The van der Waals surface area contributed by atoms with E-state index in [1.54, 1.807) is 13.2 Å². The highest BCUT2D eigenvalue weighted by Crippen LogP contribution is 2.39. The Hall–Kier alpha value is -2.54. The Balaban J connectivity index is 2.36. The molecule has 23 heavy (non-hydrogen) atoms. The first kappa shape index (κ1) is 16.8. The third-order valence-electron chi connectivity index (χ3n) is 3.27. The van der Waals surface area contributed by atoms with Crippen molar-refractivity contribution >= 4 is 17.9 Å². The summed E-state index contributed by atoms with van der Waals surface area (Å²) in [5.41, 5.74) is 6.17. The summed E-state index contributed by atoms with van der Waals surface area (Å²) in [6.07, 6.45) is 2.38. The van der Waals surface area contributed by atoms with E-state index in [0.717, 1.165) is 6.41 Å². The summed E-state index contributed by atoms with van der Waals surface area (Å²) in [7, 11) is 1.65. The largest absolute Gasteiger partial charge is 0.490 e. The molecule has 1 aromatic rings. The van der Waals surface area contributed by atoms with E-state index in [1.807, 2.05) is 32.0 Å². The molecule has 124 valence electrons. The van der Waals surface area contributed by atoms with Crippen LogP contribution in [0.25, 0.3) is 0 Å². The number of nitrogens with one attached hydrogen (secondary N) is 1. The van der Waals surface area contributed by atoms with Gasteiger partial charge in [-0.05, 0) is 26.0 Å². The van der Waals surface area contributed by atoms with E-state index in [2.05, 4.69) is 10.3 Å². The molecule has 1 amide bonds. The summed E-state index contributed by atoms with van der Waals surface area (Å²) < 4.78 is 11.5. The second-order valence-electron chi connectivity index (χ2n) is 5.21. The first-order valence-electron chi connectivity index (χ1n) is 7.43. The summed E-state index contributed by atoms with van der Waals surface area (Å²) in [5.74, 6) is 2.24. The number of hydrogen-bond donors (Lipinski definition) is 2. The number of amides is 1. The molecule has 0 radical (unpaired) electrons. The Labute approximate surface area is 135 Å². The number of carbonyl (C=O) groups is 1. The van der Waals surface area contributed by atoms with Crippen molar-refractivity contribution in [2.75, 3.05) is 25.5 Å². The number of benzene rings is 1. The molecule has 2 rings (SSSR count). The molecule has 0 aliphatic carbocycles. The van der Waals surface area contributed by atoms with E-state index in [4.69, 9.17) is 15.2 Å². The number of fused-ring (bicyclic) bond motifs is 1. The topological polar surface area (TPSA) is 89.2 Å². The summed E-state index contributed by atoms with van der Waals surface area (Å²) in [4.78, 5) is 16.9. The van der Waals surface area contributed by atoms with E-state index >= 15 is 0 Å². The van der Waals surface area contributed by atoms with E-state index in [9.17, 15) is 4.79 Å². The van der Waals surface area contributed by atoms with Crippen LogP contribution in [0.2, 0.25) is 0 Å². The van der Waals surface area contributed by atoms with Crippen LogP contribution in [0.1, 0.15) is 13.8 Å². The molecule has 0 unspecified atom stereocenters. The van der Waals surface area contributed by atoms with Gasteiger partial charge in [0, 0.05) is 19.6 Å². The van der Waals surface area contributed by atoms with Crippen molar-refractivity contribution in [1.82, 2.24) is 4.90 Å². The molecule has 1 aromatic carbocycles. The van der Waals surface area contributed by atoms with Gasteiger partial charge in [0.1, 0.15) is 18.0 Å². The molecular weight excluding hydrogens is 296 g/mol. The molecule has 0 saturated carbocycles. The summed E-state index contributed by atoms with van der Waals surface area (Å²) >= 11 is 0. The zero-order valence-electron chi connectivity index (χ0n) is 13.6. The van der Waals surface area contributed by atoms with Gasteiger partial charge >= 0.3 is 0 Å². The summed E-state index contributed by atoms with van der Waals surface area (Å²) in [6, 6.07) is 5.50. The van der Waals surface area contributed by atoms with E-state index in [-0.39, 0.29) is 6.04 Å². The number of nitrogens with zero attached hydrogens (tertiary/aromatic N) is 2. The summed E-state index contributed by atoms with van der Waals surface area (Å²) in [5, 5.41) is 3.19. The first-order chi connectivity index (χ1) is 11.1. The van der Waals surface area contributed by atoms with Crippen molar-refractivity contribution in [2.45, 2.75) is 19.9 Å². The fraction of sp³-hybridized carbons (Fsp3) is 0.375. The molecular formula is C16H22N4O3. The second-order valence-corrected chi connectivity index (χ2v) is 5.21. The number of rotatable bonds is 6. The second kappa shape index (κ2) is 7.64. The van der Waals surface area contributed by atoms with E-state index < -0.39 is 0 Å². The molecule has 1 heterocycles. The average molecular weight is 318 g/mol. The lowest BCUT2D eigenvalue weighted by Gasteiger charge is -2.26. The van der Waals surface area contributed by atoms with Gasteiger partial charge in [0.2, 0.25) is 6.41 Å². The summed E-state index contributed by atoms with van der Waals surface area (Å²) in [6.45, 7) is 4.66. The minimum atomic E-state index is 0.0160. The Morgan fingerprint density at radius 3 is 2.87 bits per heavy atom. The van der Waals surface area contributed by atoms with Crippen LogP contribution < -0.4 is 20.5 Å². The van der Waals surface area contributed by atoms with Crippen molar-refractivity contribution in [3.05, 3.63) is 30.2 Å². The smallest absolute Gasteiger partial charge is 0.214 e. The minimum Gasteiger partial charge on any atom is -0.490 e. The van der Waals surface area contributed by atoms with Gasteiger partial charge in [-0.25, -0.2) is 0 Å². The highest BCUT2D eigenvalue weighted by Gasteiger charge is 2.24. The quantitative estimate of drug-likeness (QED) is 0.777. The Bertz CT molecular complexity index is 626. The van der Waals surface area contributed by atoms with E-state index in [1.165, 1.54) is 4.90 Å². The molecule has 7 nitrogen and oxygen atoms in total. The molecule has 1 aliphatic rings. The zero-order chi connectivity index (χ0) is 16.8. The minimum absolute atomic E-state index is 0.0160. The number of hydrogen-bond acceptors (Lipinski definition) is 5. The van der Waals surface area contributed by atoms with Crippen LogP contribution >= 0.6 is 0 Å². The van der Waals surface area contributed by atoms with Gasteiger partial charge in [-0.15, -0.1) is 0 Å². The first-order valence-corrected chi connectivity index (χ1v) is 7.43.